The van der Waals surface area contributed by atoms with Gasteiger partial charge in [0.15, 0.2) is 5.75 Å². The molecule has 1 aromatic heterocycles. The Kier molecular flexibility index (Phi) is 5.16. The molecule has 0 saturated carbocycles. The summed E-state index contributed by atoms with van der Waals surface area (Å²) in [4.78, 5) is 24.2. The van der Waals surface area contributed by atoms with Gasteiger partial charge in [0.25, 0.3) is 11.5 Å². The van der Waals surface area contributed by atoms with Crippen LogP contribution in [-0.2, 0) is 13.5 Å². The van der Waals surface area contributed by atoms with E-state index >= 15 is 0 Å². The molecule has 0 radical (unpaired) electrons. The highest BCUT2D eigenvalue weighted by Crippen LogP contribution is 2.36. The molecule has 0 atom stereocenters. The Bertz CT molecular complexity index is 1150. The minimum absolute atomic E-state index is 0.0395. The van der Waals surface area contributed by atoms with Crippen LogP contribution in [-0.4, -0.2) is 23.6 Å². The fourth-order valence-corrected chi connectivity index (χ4v) is 3.72. The van der Waals surface area contributed by atoms with E-state index < -0.39 is 0 Å². The first kappa shape index (κ1) is 19.3. The lowest BCUT2D eigenvalue weighted by Gasteiger charge is -2.15. The van der Waals surface area contributed by atoms with E-state index in [0.717, 1.165) is 27.8 Å². The SMILES string of the molecule is Cc1c(Cc2ccc(-c3ccn(C)c(=O)c3)cc2)cc2c(c1Cl)OCCNC2=O. The molecule has 2 heterocycles. The van der Waals surface area contributed by atoms with Crippen molar-refractivity contribution in [3.8, 4) is 16.9 Å². The molecular weight excluding hydrogens is 388 g/mol. The zero-order valence-electron chi connectivity index (χ0n) is 16.3. The summed E-state index contributed by atoms with van der Waals surface area (Å²) in [5.74, 6) is 0.297. The number of benzene rings is 2. The fraction of sp³-hybridized carbons (Fsp3) is 0.217. The van der Waals surface area contributed by atoms with Gasteiger partial charge in [0.1, 0.15) is 6.61 Å². The zero-order chi connectivity index (χ0) is 20.5. The summed E-state index contributed by atoms with van der Waals surface area (Å²) in [7, 11) is 1.73. The highest BCUT2D eigenvalue weighted by Gasteiger charge is 2.22. The molecule has 1 amide bonds. The van der Waals surface area contributed by atoms with Gasteiger partial charge in [0, 0.05) is 19.3 Å². The van der Waals surface area contributed by atoms with Gasteiger partial charge in [-0.2, -0.15) is 0 Å². The molecule has 148 valence electrons. The second-order valence-electron chi connectivity index (χ2n) is 7.19. The summed E-state index contributed by atoms with van der Waals surface area (Å²) in [6.45, 7) is 2.81. The topological polar surface area (TPSA) is 60.3 Å². The van der Waals surface area contributed by atoms with Crippen molar-refractivity contribution >= 4 is 17.5 Å². The van der Waals surface area contributed by atoms with Crippen LogP contribution in [0.4, 0.5) is 0 Å². The fourth-order valence-electron chi connectivity index (χ4n) is 3.45. The molecular formula is C23H21ClN2O3. The molecule has 29 heavy (non-hydrogen) atoms. The second kappa shape index (κ2) is 7.76. The van der Waals surface area contributed by atoms with Crippen LogP contribution < -0.4 is 15.6 Å². The van der Waals surface area contributed by atoms with Gasteiger partial charge in [-0.3, -0.25) is 9.59 Å². The standard InChI is InChI=1S/C23H21ClN2O3/c1-14-18(12-19-22(21(14)24)29-10-8-25-23(19)28)11-15-3-5-16(6-4-15)17-7-9-26(2)20(27)13-17/h3-7,9,12-13H,8,10-11H2,1-2H3,(H,25,28). The average Bonchev–Trinajstić information content (AvgIpc) is 2.90. The number of carbonyl (C=O) groups is 1. The monoisotopic (exact) mass is 408 g/mol. The van der Waals surface area contributed by atoms with Gasteiger partial charge in [-0.05, 0) is 53.3 Å². The van der Waals surface area contributed by atoms with Crippen molar-refractivity contribution in [1.82, 2.24) is 9.88 Å². The lowest BCUT2D eigenvalue weighted by Crippen LogP contribution is -2.24. The lowest BCUT2D eigenvalue weighted by atomic mass is 9.96. The van der Waals surface area contributed by atoms with Gasteiger partial charge in [-0.25, -0.2) is 0 Å². The Morgan fingerprint density at radius 3 is 2.59 bits per heavy atom. The van der Waals surface area contributed by atoms with Crippen molar-refractivity contribution in [2.75, 3.05) is 13.2 Å². The van der Waals surface area contributed by atoms with Crippen LogP contribution in [0.15, 0.2) is 53.5 Å². The molecule has 1 N–H and O–H groups in total. The third-order valence-corrected chi connectivity index (χ3v) is 5.69. The third kappa shape index (κ3) is 3.78. The van der Waals surface area contributed by atoms with Crippen LogP contribution in [0, 0.1) is 6.92 Å². The van der Waals surface area contributed by atoms with Crippen molar-refractivity contribution in [3.63, 3.8) is 0 Å². The molecule has 0 aliphatic carbocycles. The normalized spacial score (nSPS) is 13.3. The number of aromatic nitrogens is 1. The number of fused-ring (bicyclic) bond motifs is 1. The van der Waals surface area contributed by atoms with E-state index in [-0.39, 0.29) is 11.5 Å². The van der Waals surface area contributed by atoms with Crippen LogP contribution >= 0.6 is 11.6 Å². The number of hydrogen-bond acceptors (Lipinski definition) is 3. The van der Waals surface area contributed by atoms with Crippen molar-refractivity contribution in [3.05, 3.63) is 86.3 Å². The molecule has 5 nitrogen and oxygen atoms in total. The Morgan fingerprint density at radius 1 is 1.10 bits per heavy atom. The van der Waals surface area contributed by atoms with Crippen LogP contribution in [0.5, 0.6) is 5.75 Å². The van der Waals surface area contributed by atoms with Crippen LogP contribution in [0.1, 0.15) is 27.0 Å². The summed E-state index contributed by atoms with van der Waals surface area (Å²) in [6.07, 6.45) is 2.41. The first-order chi connectivity index (χ1) is 13.9. The summed E-state index contributed by atoms with van der Waals surface area (Å²) in [5, 5.41) is 3.31. The number of hydrogen-bond donors (Lipinski definition) is 1. The van der Waals surface area contributed by atoms with E-state index in [1.54, 1.807) is 23.9 Å². The Balaban J connectivity index is 1.64. The predicted octanol–water partition coefficient (Wildman–Crippen LogP) is 3.73. The molecule has 0 saturated heterocycles. The molecule has 0 spiro atoms. The van der Waals surface area contributed by atoms with Gasteiger partial charge in [0.2, 0.25) is 0 Å². The summed E-state index contributed by atoms with van der Waals surface area (Å²) >= 11 is 6.52. The molecule has 0 unspecified atom stereocenters. The number of pyridine rings is 1. The van der Waals surface area contributed by atoms with Crippen molar-refractivity contribution < 1.29 is 9.53 Å². The number of amides is 1. The smallest absolute Gasteiger partial charge is 0.255 e. The molecule has 6 heteroatoms. The number of nitrogens with one attached hydrogen (secondary N) is 1. The van der Waals surface area contributed by atoms with E-state index in [4.69, 9.17) is 16.3 Å². The van der Waals surface area contributed by atoms with Crippen molar-refractivity contribution in [2.24, 2.45) is 7.05 Å². The lowest BCUT2D eigenvalue weighted by molar-refractivity contribution is 0.0957. The first-order valence-corrected chi connectivity index (χ1v) is 9.81. The summed E-state index contributed by atoms with van der Waals surface area (Å²) in [5.41, 5.74) is 5.29. The highest BCUT2D eigenvalue weighted by molar-refractivity contribution is 6.33. The third-order valence-electron chi connectivity index (χ3n) is 5.24. The Morgan fingerprint density at radius 2 is 1.86 bits per heavy atom. The largest absolute Gasteiger partial charge is 0.489 e. The molecule has 0 fully saturated rings. The summed E-state index contributed by atoms with van der Waals surface area (Å²) < 4.78 is 7.22. The van der Waals surface area contributed by atoms with E-state index in [1.807, 2.05) is 43.3 Å². The maximum Gasteiger partial charge on any atom is 0.255 e. The first-order valence-electron chi connectivity index (χ1n) is 9.43. The maximum atomic E-state index is 12.3. The van der Waals surface area contributed by atoms with Crippen molar-refractivity contribution in [1.29, 1.82) is 0 Å². The molecule has 3 aromatic rings. The highest BCUT2D eigenvalue weighted by atomic mass is 35.5. The zero-order valence-corrected chi connectivity index (χ0v) is 17.0. The summed E-state index contributed by atoms with van der Waals surface area (Å²) in [6, 6.07) is 13.5. The number of nitrogens with zero attached hydrogens (tertiary/aromatic N) is 1. The van der Waals surface area contributed by atoms with E-state index in [1.165, 1.54) is 0 Å². The van der Waals surface area contributed by atoms with Gasteiger partial charge in [0.05, 0.1) is 17.1 Å². The minimum Gasteiger partial charge on any atom is -0.489 e. The minimum atomic E-state index is -0.165. The van der Waals surface area contributed by atoms with Crippen molar-refractivity contribution in [2.45, 2.75) is 13.3 Å². The van der Waals surface area contributed by atoms with E-state index in [9.17, 15) is 9.59 Å². The number of aryl methyl sites for hydroxylation is 1. The number of ether oxygens (including phenoxy) is 1. The number of halogens is 1. The maximum absolute atomic E-state index is 12.3. The van der Waals surface area contributed by atoms with Gasteiger partial charge < -0.3 is 14.6 Å². The molecule has 1 aliphatic rings. The molecule has 4 rings (SSSR count). The van der Waals surface area contributed by atoms with Crippen LogP contribution in [0.2, 0.25) is 5.02 Å². The Labute approximate surface area is 173 Å². The molecule has 1 aliphatic heterocycles. The molecule has 2 aromatic carbocycles. The number of rotatable bonds is 3. The van der Waals surface area contributed by atoms with Gasteiger partial charge in [-0.1, -0.05) is 35.9 Å². The predicted molar refractivity (Wildman–Crippen MR) is 114 cm³/mol. The van der Waals surface area contributed by atoms with Crippen LogP contribution in [0.25, 0.3) is 11.1 Å². The second-order valence-corrected chi connectivity index (χ2v) is 7.57. The molecule has 0 bridgehead atoms. The van der Waals surface area contributed by atoms with E-state index in [2.05, 4.69) is 5.32 Å². The number of carbonyl (C=O) groups excluding carboxylic acids is 1. The van der Waals surface area contributed by atoms with Gasteiger partial charge in [-0.15, -0.1) is 0 Å². The van der Waals surface area contributed by atoms with Crippen LogP contribution in [0.3, 0.4) is 0 Å². The quantitative estimate of drug-likeness (QED) is 0.718. The van der Waals surface area contributed by atoms with E-state index in [0.29, 0.717) is 35.9 Å². The Hall–Kier alpha value is -3.05. The average molecular weight is 409 g/mol. The van der Waals surface area contributed by atoms with Gasteiger partial charge >= 0.3 is 0 Å².